The highest BCUT2D eigenvalue weighted by Crippen LogP contribution is 2.44. The number of carbonyl (C=O) groups excluding carboxylic acids is 1. The van der Waals surface area contributed by atoms with Gasteiger partial charge in [0.25, 0.3) is 5.89 Å². The van der Waals surface area contributed by atoms with Crippen molar-refractivity contribution in [3.05, 3.63) is 71.4 Å². The highest BCUT2D eigenvalue weighted by molar-refractivity contribution is 5.85. The molecule has 0 bridgehead atoms. The third-order valence-corrected chi connectivity index (χ3v) is 3.82. The van der Waals surface area contributed by atoms with Gasteiger partial charge in [-0.15, -0.1) is 0 Å². The molecule has 2 aromatic carbocycles. The number of ether oxygens (including phenoxy) is 2. The number of nitrogens with zero attached hydrogens (tertiary/aromatic N) is 2. The highest BCUT2D eigenvalue weighted by Gasteiger charge is 2.33. The Balaban J connectivity index is 1.65. The summed E-state index contributed by atoms with van der Waals surface area (Å²) in [4.78, 5) is 16.8. The molecule has 120 valence electrons. The first-order valence-corrected chi connectivity index (χ1v) is 7.54. The summed E-state index contributed by atoms with van der Waals surface area (Å²) in [5.74, 6) is 1.17. The lowest BCUT2D eigenvalue weighted by Crippen LogP contribution is -2.21. The quantitative estimate of drug-likeness (QED) is 0.688. The van der Waals surface area contributed by atoms with Crippen LogP contribution in [0.1, 0.15) is 28.8 Å². The largest absolute Gasteiger partial charge is 0.457 e. The molecule has 3 aromatic rings. The first-order chi connectivity index (χ1) is 11.7. The molecule has 0 radical (unpaired) electrons. The number of benzene rings is 2. The lowest BCUT2D eigenvalue weighted by molar-refractivity contribution is -0.146. The molecule has 24 heavy (non-hydrogen) atoms. The van der Waals surface area contributed by atoms with E-state index in [0.717, 1.165) is 11.1 Å². The average Bonchev–Trinajstić information content (AvgIpc) is 3.03. The van der Waals surface area contributed by atoms with Gasteiger partial charge in [0.15, 0.2) is 12.4 Å². The molecule has 0 atom stereocenters. The van der Waals surface area contributed by atoms with Crippen molar-refractivity contribution in [3.63, 3.8) is 0 Å². The second-order valence-electron chi connectivity index (χ2n) is 5.45. The van der Waals surface area contributed by atoms with E-state index in [0.29, 0.717) is 17.3 Å². The third-order valence-electron chi connectivity index (χ3n) is 3.82. The minimum absolute atomic E-state index is 0.0542. The standard InChI is InChI=1S/C18H14N2O4/c1-11-19-16(24-20-11)10-22-18(21)17-12-6-2-4-8-14(12)23-15-9-5-3-7-13(15)17/h2-9,17H,10H2,1H3. The Bertz CT molecular complexity index is 858. The summed E-state index contributed by atoms with van der Waals surface area (Å²) in [6, 6.07) is 14.9. The van der Waals surface area contributed by atoms with Crippen molar-refractivity contribution in [2.24, 2.45) is 0 Å². The number of aryl methyl sites for hydroxylation is 1. The number of rotatable bonds is 3. The van der Waals surface area contributed by atoms with Gasteiger partial charge >= 0.3 is 5.97 Å². The molecule has 0 saturated carbocycles. The van der Waals surface area contributed by atoms with E-state index in [4.69, 9.17) is 14.0 Å². The zero-order valence-electron chi connectivity index (χ0n) is 12.9. The molecule has 0 aliphatic carbocycles. The Labute approximate surface area is 138 Å². The first kappa shape index (κ1) is 14.4. The van der Waals surface area contributed by atoms with Crippen LogP contribution in [0.25, 0.3) is 0 Å². The zero-order chi connectivity index (χ0) is 16.5. The summed E-state index contributed by atoms with van der Waals surface area (Å²) >= 11 is 0. The minimum Gasteiger partial charge on any atom is -0.457 e. The predicted molar refractivity (Wildman–Crippen MR) is 83.6 cm³/mol. The van der Waals surface area contributed by atoms with Crippen LogP contribution in [0.15, 0.2) is 53.1 Å². The van der Waals surface area contributed by atoms with Crippen molar-refractivity contribution >= 4 is 5.97 Å². The fraction of sp³-hybridized carbons (Fsp3) is 0.167. The fourth-order valence-corrected chi connectivity index (χ4v) is 2.78. The molecule has 4 rings (SSSR count). The topological polar surface area (TPSA) is 74.5 Å². The van der Waals surface area contributed by atoms with Crippen LogP contribution in [0.4, 0.5) is 0 Å². The van der Waals surface area contributed by atoms with E-state index in [2.05, 4.69) is 10.1 Å². The Morgan fingerprint density at radius 1 is 1.08 bits per heavy atom. The third kappa shape index (κ3) is 2.52. The monoisotopic (exact) mass is 322 g/mol. The maximum Gasteiger partial charge on any atom is 0.318 e. The molecule has 1 aromatic heterocycles. The van der Waals surface area contributed by atoms with Crippen LogP contribution in [0.3, 0.4) is 0 Å². The van der Waals surface area contributed by atoms with Gasteiger partial charge in [0.05, 0.1) is 0 Å². The zero-order valence-corrected chi connectivity index (χ0v) is 12.9. The van der Waals surface area contributed by atoms with Crippen molar-refractivity contribution in [3.8, 4) is 11.5 Å². The molecular formula is C18H14N2O4. The van der Waals surface area contributed by atoms with Gasteiger partial charge < -0.3 is 14.0 Å². The Kier molecular flexibility index (Phi) is 3.49. The molecule has 0 amide bonds. The van der Waals surface area contributed by atoms with Crippen molar-refractivity contribution in [1.29, 1.82) is 0 Å². The van der Waals surface area contributed by atoms with Crippen molar-refractivity contribution < 1.29 is 18.8 Å². The van der Waals surface area contributed by atoms with Crippen LogP contribution >= 0.6 is 0 Å². The van der Waals surface area contributed by atoms with Crippen LogP contribution in [0, 0.1) is 6.92 Å². The molecule has 0 N–H and O–H groups in total. The summed E-state index contributed by atoms with van der Waals surface area (Å²) < 4.78 is 16.3. The highest BCUT2D eigenvalue weighted by atomic mass is 16.6. The number of fused-ring (bicyclic) bond motifs is 2. The van der Waals surface area contributed by atoms with Gasteiger partial charge in [-0.3, -0.25) is 4.79 Å². The fourth-order valence-electron chi connectivity index (χ4n) is 2.78. The Hall–Kier alpha value is -3.15. The number of hydrogen-bond acceptors (Lipinski definition) is 6. The van der Waals surface area contributed by atoms with E-state index in [1.165, 1.54) is 0 Å². The molecule has 2 heterocycles. The van der Waals surface area contributed by atoms with Crippen LogP contribution in [-0.2, 0) is 16.1 Å². The summed E-state index contributed by atoms with van der Waals surface area (Å²) in [6.45, 7) is 1.65. The second-order valence-corrected chi connectivity index (χ2v) is 5.45. The maximum absolute atomic E-state index is 12.7. The number of para-hydroxylation sites is 2. The number of esters is 1. The smallest absolute Gasteiger partial charge is 0.318 e. The summed E-state index contributed by atoms with van der Waals surface area (Å²) in [6.07, 6.45) is 0. The molecular weight excluding hydrogens is 308 g/mol. The van der Waals surface area contributed by atoms with Gasteiger partial charge in [-0.25, -0.2) is 0 Å². The summed E-state index contributed by atoms with van der Waals surface area (Å²) in [7, 11) is 0. The lowest BCUT2D eigenvalue weighted by Gasteiger charge is -2.26. The van der Waals surface area contributed by atoms with Crippen LogP contribution in [-0.4, -0.2) is 16.1 Å². The van der Waals surface area contributed by atoms with Crippen molar-refractivity contribution in [1.82, 2.24) is 10.1 Å². The van der Waals surface area contributed by atoms with Crippen LogP contribution in [0.5, 0.6) is 11.5 Å². The molecule has 0 unspecified atom stereocenters. The van der Waals surface area contributed by atoms with Crippen molar-refractivity contribution in [2.75, 3.05) is 0 Å². The number of aromatic nitrogens is 2. The van der Waals surface area contributed by atoms with Gasteiger partial charge in [-0.1, -0.05) is 41.6 Å². The second kappa shape index (κ2) is 5.81. The average molecular weight is 322 g/mol. The molecule has 0 spiro atoms. The van der Waals surface area contributed by atoms with Crippen LogP contribution < -0.4 is 4.74 Å². The molecule has 1 aliphatic heterocycles. The van der Waals surface area contributed by atoms with E-state index in [-0.39, 0.29) is 18.5 Å². The van der Waals surface area contributed by atoms with E-state index in [9.17, 15) is 4.79 Å². The predicted octanol–water partition coefficient (Wildman–Crippen LogP) is 3.36. The number of hydrogen-bond donors (Lipinski definition) is 0. The van der Waals surface area contributed by atoms with Gasteiger partial charge in [-0.05, 0) is 19.1 Å². The van der Waals surface area contributed by atoms with E-state index < -0.39 is 5.92 Å². The maximum atomic E-state index is 12.7. The van der Waals surface area contributed by atoms with E-state index in [1.807, 2.05) is 48.5 Å². The normalized spacial score (nSPS) is 12.9. The minimum atomic E-state index is -0.546. The Morgan fingerprint density at radius 3 is 2.29 bits per heavy atom. The molecule has 0 fully saturated rings. The molecule has 0 saturated heterocycles. The van der Waals surface area contributed by atoms with Gasteiger partial charge in [-0.2, -0.15) is 4.98 Å². The van der Waals surface area contributed by atoms with Crippen LogP contribution in [0.2, 0.25) is 0 Å². The summed E-state index contributed by atoms with van der Waals surface area (Å²) in [5, 5.41) is 3.68. The summed E-state index contributed by atoms with van der Waals surface area (Å²) in [5.41, 5.74) is 1.56. The van der Waals surface area contributed by atoms with E-state index >= 15 is 0 Å². The molecule has 6 heteroatoms. The first-order valence-electron chi connectivity index (χ1n) is 7.54. The van der Waals surface area contributed by atoms with E-state index in [1.54, 1.807) is 6.92 Å². The molecule has 1 aliphatic rings. The molecule has 6 nitrogen and oxygen atoms in total. The SMILES string of the molecule is Cc1noc(COC(=O)C2c3ccccc3Oc3ccccc32)n1. The van der Waals surface area contributed by atoms with Crippen molar-refractivity contribution in [2.45, 2.75) is 19.4 Å². The van der Waals surface area contributed by atoms with Gasteiger partial charge in [0.2, 0.25) is 0 Å². The van der Waals surface area contributed by atoms with Gasteiger partial charge in [0.1, 0.15) is 17.4 Å². The van der Waals surface area contributed by atoms with Gasteiger partial charge in [0, 0.05) is 11.1 Å². The number of carbonyl (C=O) groups is 1. The Morgan fingerprint density at radius 2 is 1.71 bits per heavy atom. The lowest BCUT2D eigenvalue weighted by atomic mass is 9.88.